The standard InChI is InChI=1S/C25H28N6O4/c1-26-25(33)35-18-8-2-15(3-9-18)22-28-23(30-13-19-10-11-20(14-30)34-19)21-12-27-31(24(21)29-22)16-4-6-17(32)7-5-16/h2-3,8-9,12,16,19-20H,4-7,10-11,13-14H2,1H3,(H,26,33). The first-order chi connectivity index (χ1) is 17.1. The van der Waals surface area contributed by atoms with Gasteiger partial charge in [0.05, 0.1) is 29.8 Å². The number of amides is 1. The monoisotopic (exact) mass is 476 g/mol. The molecule has 0 radical (unpaired) electrons. The second-order valence-corrected chi connectivity index (χ2v) is 9.49. The zero-order valence-electron chi connectivity index (χ0n) is 19.6. The molecule has 2 saturated heterocycles. The van der Waals surface area contributed by atoms with Crippen LogP contribution in [0.3, 0.4) is 0 Å². The largest absolute Gasteiger partial charge is 0.412 e. The summed E-state index contributed by atoms with van der Waals surface area (Å²) in [5, 5.41) is 8.09. The van der Waals surface area contributed by atoms with Gasteiger partial charge in [0.15, 0.2) is 11.5 Å². The molecule has 10 nitrogen and oxygen atoms in total. The third-order valence-corrected chi connectivity index (χ3v) is 7.16. The quantitative estimate of drug-likeness (QED) is 0.611. The fourth-order valence-corrected chi connectivity index (χ4v) is 5.34. The molecule has 1 N–H and O–H groups in total. The first-order valence-electron chi connectivity index (χ1n) is 12.2. The number of hydrogen-bond donors (Lipinski definition) is 1. The molecule has 1 aliphatic carbocycles. The Morgan fingerprint density at radius 1 is 1.06 bits per heavy atom. The lowest BCUT2D eigenvalue weighted by Crippen LogP contribution is -2.43. The summed E-state index contributed by atoms with van der Waals surface area (Å²) in [5.41, 5.74) is 1.61. The molecule has 10 heteroatoms. The van der Waals surface area contributed by atoms with Crippen LogP contribution in [0.2, 0.25) is 0 Å². The van der Waals surface area contributed by atoms with Crippen molar-refractivity contribution in [2.45, 2.75) is 56.8 Å². The molecule has 2 aromatic heterocycles. The first-order valence-corrected chi connectivity index (χ1v) is 12.2. The van der Waals surface area contributed by atoms with E-state index in [9.17, 15) is 9.59 Å². The lowest BCUT2D eigenvalue weighted by Gasteiger charge is -2.33. The van der Waals surface area contributed by atoms with Gasteiger partial charge in [-0.25, -0.2) is 19.4 Å². The minimum Gasteiger partial charge on any atom is -0.410 e. The van der Waals surface area contributed by atoms with Crippen molar-refractivity contribution in [2.24, 2.45) is 0 Å². The van der Waals surface area contributed by atoms with E-state index in [-0.39, 0.29) is 18.2 Å². The highest BCUT2D eigenvalue weighted by Crippen LogP contribution is 2.36. The summed E-state index contributed by atoms with van der Waals surface area (Å²) in [7, 11) is 1.52. The molecule has 2 atom stereocenters. The number of ether oxygens (including phenoxy) is 2. The maximum Gasteiger partial charge on any atom is 0.412 e. The van der Waals surface area contributed by atoms with Gasteiger partial charge in [-0.1, -0.05) is 0 Å². The van der Waals surface area contributed by atoms with E-state index in [1.54, 1.807) is 12.1 Å². The number of Topliss-reactive ketones (excluding diaryl/α,β-unsaturated/α-hetero) is 1. The predicted molar refractivity (Wildman–Crippen MR) is 128 cm³/mol. The van der Waals surface area contributed by atoms with Crippen molar-refractivity contribution in [2.75, 3.05) is 25.0 Å². The summed E-state index contributed by atoms with van der Waals surface area (Å²) in [6.45, 7) is 1.59. The Morgan fingerprint density at radius 3 is 2.46 bits per heavy atom. The van der Waals surface area contributed by atoms with Crippen LogP contribution in [-0.2, 0) is 9.53 Å². The highest BCUT2D eigenvalue weighted by molar-refractivity contribution is 5.89. The van der Waals surface area contributed by atoms with E-state index in [1.807, 2.05) is 23.0 Å². The van der Waals surface area contributed by atoms with Gasteiger partial charge >= 0.3 is 6.09 Å². The smallest absolute Gasteiger partial charge is 0.410 e. The van der Waals surface area contributed by atoms with Crippen LogP contribution in [0, 0.1) is 0 Å². The average molecular weight is 477 g/mol. The Bertz CT molecular complexity index is 1250. The number of nitrogens with one attached hydrogen (secondary N) is 1. The minimum atomic E-state index is -0.519. The molecule has 1 saturated carbocycles. The minimum absolute atomic E-state index is 0.144. The number of benzene rings is 1. The Hall–Kier alpha value is -3.53. The summed E-state index contributed by atoms with van der Waals surface area (Å²) < 4.78 is 13.3. The Morgan fingerprint density at radius 2 is 1.77 bits per heavy atom. The van der Waals surface area contributed by atoms with Gasteiger partial charge in [0.25, 0.3) is 0 Å². The first kappa shape index (κ1) is 22.0. The van der Waals surface area contributed by atoms with Gasteiger partial charge in [0, 0.05) is 38.5 Å². The second-order valence-electron chi connectivity index (χ2n) is 9.49. The molecule has 6 rings (SSSR count). The van der Waals surface area contributed by atoms with Crippen LogP contribution in [0.25, 0.3) is 22.4 Å². The molecule has 1 amide bonds. The molecule has 3 aromatic rings. The Labute approximate surface area is 202 Å². The van der Waals surface area contributed by atoms with Gasteiger partial charge in [-0.3, -0.25) is 4.79 Å². The number of nitrogens with zero attached hydrogens (tertiary/aromatic N) is 5. The van der Waals surface area contributed by atoms with Crippen LogP contribution in [0.15, 0.2) is 30.5 Å². The van der Waals surface area contributed by atoms with E-state index in [0.717, 1.165) is 61.2 Å². The van der Waals surface area contributed by atoms with Crippen molar-refractivity contribution in [1.29, 1.82) is 0 Å². The molecule has 182 valence electrons. The number of anilines is 1. The third kappa shape index (κ3) is 4.22. The van der Waals surface area contributed by atoms with Gasteiger partial charge < -0.3 is 19.7 Å². The summed E-state index contributed by atoms with van der Waals surface area (Å²) in [6, 6.07) is 7.32. The van der Waals surface area contributed by atoms with Gasteiger partial charge in [-0.15, -0.1) is 0 Å². The molecule has 3 aliphatic rings. The van der Waals surface area contributed by atoms with Crippen molar-refractivity contribution >= 4 is 28.7 Å². The van der Waals surface area contributed by atoms with Crippen LogP contribution in [0.5, 0.6) is 5.75 Å². The van der Waals surface area contributed by atoms with Crippen LogP contribution in [-0.4, -0.2) is 64.0 Å². The highest BCUT2D eigenvalue weighted by atomic mass is 16.6. The predicted octanol–water partition coefficient (Wildman–Crippen LogP) is 3.26. The van der Waals surface area contributed by atoms with E-state index in [4.69, 9.17) is 24.5 Å². The molecule has 3 fully saturated rings. The second kappa shape index (κ2) is 8.92. The van der Waals surface area contributed by atoms with Crippen LogP contribution >= 0.6 is 0 Å². The van der Waals surface area contributed by atoms with Crippen LogP contribution in [0.4, 0.5) is 10.6 Å². The number of fused-ring (bicyclic) bond motifs is 3. The molecule has 1 aromatic carbocycles. The van der Waals surface area contributed by atoms with Gasteiger partial charge in [0.1, 0.15) is 17.4 Å². The zero-order chi connectivity index (χ0) is 23.9. The molecular weight excluding hydrogens is 448 g/mol. The van der Waals surface area contributed by atoms with Gasteiger partial charge in [-0.2, -0.15) is 5.10 Å². The van der Waals surface area contributed by atoms with Gasteiger partial charge in [-0.05, 0) is 49.9 Å². The number of carbonyl (C=O) groups excluding carboxylic acids is 2. The molecule has 2 bridgehead atoms. The number of hydrogen-bond acceptors (Lipinski definition) is 8. The Kier molecular flexibility index (Phi) is 5.60. The topological polar surface area (TPSA) is 111 Å². The summed E-state index contributed by atoms with van der Waals surface area (Å²) in [6.07, 6.45) is 6.65. The normalized spacial score (nSPS) is 22.5. The van der Waals surface area contributed by atoms with Crippen molar-refractivity contribution in [3.63, 3.8) is 0 Å². The van der Waals surface area contributed by atoms with E-state index in [0.29, 0.717) is 30.2 Å². The molecule has 2 unspecified atom stereocenters. The number of rotatable bonds is 4. The van der Waals surface area contributed by atoms with E-state index in [1.165, 1.54) is 7.05 Å². The lowest BCUT2D eigenvalue weighted by molar-refractivity contribution is -0.120. The fourth-order valence-electron chi connectivity index (χ4n) is 5.34. The summed E-state index contributed by atoms with van der Waals surface area (Å²) >= 11 is 0. The summed E-state index contributed by atoms with van der Waals surface area (Å²) in [5.74, 6) is 2.22. The zero-order valence-corrected chi connectivity index (χ0v) is 19.6. The molecular formula is C25H28N6O4. The SMILES string of the molecule is CNC(=O)Oc1ccc(-c2nc(N3CC4CCC(C3)O4)c3cnn(C4CCC(=O)CC4)c3n2)cc1. The molecule has 0 spiro atoms. The number of aromatic nitrogens is 4. The van der Waals surface area contributed by atoms with E-state index in [2.05, 4.69) is 10.2 Å². The molecule has 35 heavy (non-hydrogen) atoms. The van der Waals surface area contributed by atoms with Crippen LogP contribution < -0.4 is 15.0 Å². The highest BCUT2D eigenvalue weighted by Gasteiger charge is 2.35. The van der Waals surface area contributed by atoms with E-state index < -0.39 is 6.09 Å². The maximum absolute atomic E-state index is 11.8. The third-order valence-electron chi connectivity index (χ3n) is 7.16. The van der Waals surface area contributed by atoms with Crippen molar-refractivity contribution in [3.05, 3.63) is 30.5 Å². The maximum atomic E-state index is 11.8. The number of carbonyl (C=O) groups is 2. The van der Waals surface area contributed by atoms with Crippen molar-refractivity contribution in [3.8, 4) is 17.1 Å². The fraction of sp³-hybridized carbons (Fsp3) is 0.480. The number of morpholine rings is 1. The summed E-state index contributed by atoms with van der Waals surface area (Å²) in [4.78, 5) is 35.6. The average Bonchev–Trinajstić information content (AvgIpc) is 3.46. The number of ketones is 1. The van der Waals surface area contributed by atoms with E-state index >= 15 is 0 Å². The van der Waals surface area contributed by atoms with Crippen molar-refractivity contribution in [1.82, 2.24) is 25.1 Å². The van der Waals surface area contributed by atoms with Gasteiger partial charge in [0.2, 0.25) is 0 Å². The Balaban J connectivity index is 1.41. The lowest BCUT2D eigenvalue weighted by atomic mass is 9.94. The molecule has 2 aliphatic heterocycles. The van der Waals surface area contributed by atoms with Crippen molar-refractivity contribution < 1.29 is 19.1 Å². The van der Waals surface area contributed by atoms with Crippen LogP contribution in [0.1, 0.15) is 44.6 Å². The molecule has 4 heterocycles.